The Kier molecular flexibility index (Phi) is 12.5. The third-order valence-corrected chi connectivity index (χ3v) is 8.70. The summed E-state index contributed by atoms with van der Waals surface area (Å²) >= 11 is 3.21. The van der Waals surface area contributed by atoms with Crippen LogP contribution < -0.4 is 17.1 Å². The zero-order chi connectivity index (χ0) is 26.1. The first-order valence-electron chi connectivity index (χ1n) is 11.9. The summed E-state index contributed by atoms with van der Waals surface area (Å²) in [7, 11) is 0. The van der Waals surface area contributed by atoms with E-state index in [4.69, 9.17) is 0 Å². The van der Waals surface area contributed by atoms with Gasteiger partial charge in [-0.05, 0) is 32.1 Å². The Balaban J connectivity index is 2.76. The summed E-state index contributed by atoms with van der Waals surface area (Å²) in [5, 5.41) is 20.7. The van der Waals surface area contributed by atoms with Crippen molar-refractivity contribution in [3.63, 3.8) is 0 Å². The molecule has 0 radical (unpaired) electrons. The van der Waals surface area contributed by atoms with E-state index >= 15 is 0 Å². The highest BCUT2D eigenvalue weighted by atomic mass is 32.2. The minimum Gasteiger partial charge on any atom is -0.392 e. The fourth-order valence-electron chi connectivity index (χ4n) is 3.41. The Morgan fingerprint density at radius 1 is 0.882 bits per heavy atom. The van der Waals surface area contributed by atoms with Gasteiger partial charge in [-0.1, -0.05) is 40.2 Å². The maximum Gasteiger partial charge on any atom is 0.337 e. The van der Waals surface area contributed by atoms with Crippen molar-refractivity contribution >= 4 is 23.5 Å². The summed E-state index contributed by atoms with van der Waals surface area (Å²) in [6, 6.07) is 0. The summed E-state index contributed by atoms with van der Waals surface area (Å²) < 4.78 is 3.03. The zero-order valence-corrected chi connectivity index (χ0v) is 23.2. The molecule has 1 aromatic heterocycles. The third-order valence-electron chi connectivity index (χ3n) is 6.22. The van der Waals surface area contributed by atoms with E-state index in [1.807, 2.05) is 6.92 Å². The van der Waals surface area contributed by atoms with Gasteiger partial charge in [0.2, 0.25) is 0 Å². The number of aliphatic hydroxyl groups is 2. The molecule has 1 aromatic rings. The molecule has 0 aliphatic rings. The highest BCUT2D eigenvalue weighted by Gasteiger charge is 2.27. The summed E-state index contributed by atoms with van der Waals surface area (Å²) in [6.45, 7) is 15.3. The van der Waals surface area contributed by atoms with E-state index in [9.17, 15) is 24.6 Å². The maximum absolute atomic E-state index is 13.0. The van der Waals surface area contributed by atoms with Gasteiger partial charge in [-0.3, -0.25) is 0 Å². The van der Waals surface area contributed by atoms with Crippen molar-refractivity contribution in [1.82, 2.24) is 13.7 Å². The van der Waals surface area contributed by atoms with Crippen LogP contribution in [0.2, 0.25) is 0 Å². The second kappa shape index (κ2) is 13.8. The molecule has 1 heterocycles. The number of aliphatic hydroxyl groups excluding tert-OH is 2. The van der Waals surface area contributed by atoms with Crippen LogP contribution >= 0.6 is 23.5 Å². The smallest absolute Gasteiger partial charge is 0.337 e. The lowest BCUT2D eigenvalue weighted by Crippen LogP contribution is -2.59. The number of thioether (sulfide) groups is 2. The van der Waals surface area contributed by atoms with E-state index in [2.05, 4.69) is 27.4 Å². The molecule has 0 fully saturated rings. The van der Waals surface area contributed by atoms with E-state index < -0.39 is 28.7 Å². The molecule has 8 nitrogen and oxygen atoms in total. The normalized spacial score (nSPS) is 14.2. The van der Waals surface area contributed by atoms with Crippen molar-refractivity contribution in [2.45, 2.75) is 91.6 Å². The zero-order valence-electron chi connectivity index (χ0n) is 21.6. The van der Waals surface area contributed by atoms with Gasteiger partial charge in [0.15, 0.2) is 0 Å². The number of aromatic nitrogens is 3. The molecule has 1 rings (SSSR count). The molecule has 0 saturated carbocycles. The molecule has 0 aliphatic carbocycles. The largest absolute Gasteiger partial charge is 0.392 e. The lowest BCUT2D eigenvalue weighted by atomic mass is 9.84. The minimum absolute atomic E-state index is 0.0128. The van der Waals surface area contributed by atoms with Gasteiger partial charge in [0, 0.05) is 28.6 Å². The van der Waals surface area contributed by atoms with Crippen LogP contribution in [0.15, 0.2) is 27.0 Å². The van der Waals surface area contributed by atoms with Gasteiger partial charge in [-0.25, -0.2) is 28.1 Å². The summed E-state index contributed by atoms with van der Waals surface area (Å²) in [5.41, 5.74) is -2.74. The topological polar surface area (TPSA) is 106 Å². The molecular formula is C24H43N3O5S2. The molecule has 0 aliphatic heterocycles. The van der Waals surface area contributed by atoms with Gasteiger partial charge in [-0.15, -0.1) is 6.58 Å². The molecule has 0 aromatic carbocycles. The van der Waals surface area contributed by atoms with E-state index in [-0.39, 0.29) is 24.6 Å². The molecule has 2 atom stereocenters. The van der Waals surface area contributed by atoms with Gasteiger partial charge < -0.3 is 10.2 Å². The van der Waals surface area contributed by atoms with Crippen LogP contribution in [0.1, 0.15) is 60.8 Å². The number of hydrogen-bond donors (Lipinski definition) is 2. The molecule has 196 valence electrons. The molecule has 0 amide bonds. The Morgan fingerprint density at radius 3 is 1.91 bits per heavy atom. The van der Waals surface area contributed by atoms with Crippen molar-refractivity contribution < 1.29 is 10.2 Å². The first kappa shape index (κ1) is 30.8. The lowest BCUT2D eigenvalue weighted by Gasteiger charge is -2.26. The number of hydrogen-bond acceptors (Lipinski definition) is 7. The third kappa shape index (κ3) is 8.77. The molecular weight excluding hydrogens is 474 g/mol. The van der Waals surface area contributed by atoms with Crippen molar-refractivity contribution in [3.05, 3.63) is 44.1 Å². The second-order valence-corrected chi connectivity index (χ2v) is 12.3. The van der Waals surface area contributed by atoms with Crippen molar-refractivity contribution in [2.24, 2.45) is 5.41 Å². The monoisotopic (exact) mass is 517 g/mol. The van der Waals surface area contributed by atoms with Crippen LogP contribution in [0.3, 0.4) is 0 Å². The first-order valence-corrected chi connectivity index (χ1v) is 14.2. The quantitative estimate of drug-likeness (QED) is 0.256. The summed E-state index contributed by atoms with van der Waals surface area (Å²) in [5.74, 6) is 2.65. The first-order chi connectivity index (χ1) is 15.8. The van der Waals surface area contributed by atoms with Gasteiger partial charge in [0.05, 0.1) is 25.3 Å². The minimum atomic E-state index is -0.913. The fraction of sp³-hybridized carbons (Fsp3) is 0.792. The molecule has 34 heavy (non-hydrogen) atoms. The Bertz CT molecular complexity index is 965. The predicted octanol–water partition coefficient (Wildman–Crippen LogP) is 2.52. The van der Waals surface area contributed by atoms with Gasteiger partial charge in [0.1, 0.15) is 0 Å². The molecule has 0 saturated heterocycles. The van der Waals surface area contributed by atoms with E-state index in [1.165, 1.54) is 17.8 Å². The number of rotatable bonds is 16. The standard InChI is InChI=1S/C24H43N3O5S2/c1-8-11-25-20(30)26(22(32)27(21(25)31)24(6,7)10-3)15-19(29)17-34-13-12-33-16-18(28)14-23(4,5)9-2/h8,18-19,28-29H,1,9-17H2,2-7H3. The van der Waals surface area contributed by atoms with Crippen molar-refractivity contribution in [2.75, 3.05) is 23.0 Å². The molecule has 0 bridgehead atoms. The Morgan fingerprint density at radius 2 is 1.41 bits per heavy atom. The van der Waals surface area contributed by atoms with Crippen LogP contribution in [-0.2, 0) is 18.6 Å². The molecule has 0 spiro atoms. The van der Waals surface area contributed by atoms with Gasteiger partial charge in [0.25, 0.3) is 0 Å². The SMILES string of the molecule is C=CCn1c(=O)n(CC(O)CSCCSCC(O)CC(C)(C)CC)c(=O)n(C(C)(C)CC)c1=O. The van der Waals surface area contributed by atoms with Crippen LogP contribution in [0, 0.1) is 5.41 Å². The summed E-state index contributed by atoms with van der Waals surface area (Å²) in [4.78, 5) is 38.7. The Hall–Kier alpha value is -1.23. The van der Waals surface area contributed by atoms with Gasteiger partial charge in [-0.2, -0.15) is 23.5 Å². The fourth-order valence-corrected chi connectivity index (χ4v) is 5.45. The maximum atomic E-state index is 13.0. The van der Waals surface area contributed by atoms with E-state index in [0.29, 0.717) is 17.9 Å². The van der Waals surface area contributed by atoms with Crippen LogP contribution in [0.4, 0.5) is 0 Å². The van der Waals surface area contributed by atoms with E-state index in [1.54, 1.807) is 25.6 Å². The number of nitrogens with zero attached hydrogens (tertiary/aromatic N) is 3. The Labute approximate surface area is 211 Å². The average molecular weight is 518 g/mol. The highest BCUT2D eigenvalue weighted by Crippen LogP contribution is 2.27. The molecule has 2 unspecified atom stereocenters. The van der Waals surface area contributed by atoms with Crippen molar-refractivity contribution in [1.29, 1.82) is 0 Å². The lowest BCUT2D eigenvalue weighted by molar-refractivity contribution is 0.131. The van der Waals surface area contributed by atoms with Crippen molar-refractivity contribution in [3.8, 4) is 0 Å². The predicted molar refractivity (Wildman–Crippen MR) is 144 cm³/mol. The van der Waals surface area contributed by atoms with Crippen LogP contribution in [0.5, 0.6) is 0 Å². The summed E-state index contributed by atoms with van der Waals surface area (Å²) in [6.07, 6.45) is 2.52. The molecule has 10 heteroatoms. The number of allylic oxidation sites excluding steroid dienone is 1. The van der Waals surface area contributed by atoms with Gasteiger partial charge >= 0.3 is 17.1 Å². The van der Waals surface area contributed by atoms with E-state index in [0.717, 1.165) is 38.0 Å². The average Bonchev–Trinajstić information content (AvgIpc) is 2.76. The molecule has 2 N–H and O–H groups in total. The van der Waals surface area contributed by atoms with Crippen LogP contribution in [0.25, 0.3) is 0 Å². The van der Waals surface area contributed by atoms with Crippen LogP contribution in [-0.4, -0.2) is 59.1 Å². The highest BCUT2D eigenvalue weighted by molar-refractivity contribution is 8.02. The second-order valence-electron chi connectivity index (χ2n) is 10.0.